The molecule has 1 unspecified atom stereocenters. The van der Waals surface area contributed by atoms with Crippen molar-refractivity contribution in [3.63, 3.8) is 0 Å². The van der Waals surface area contributed by atoms with Crippen molar-refractivity contribution >= 4 is 15.7 Å². The number of benzene rings is 1. The molecule has 17 heavy (non-hydrogen) atoms. The first-order valence-electron chi connectivity index (χ1n) is 5.42. The third kappa shape index (κ3) is 4.33. The molecule has 0 fully saturated rings. The number of anilines is 1. The van der Waals surface area contributed by atoms with Gasteiger partial charge < -0.3 is 10.8 Å². The number of nitrogens with one attached hydrogen (secondary N) is 1. The van der Waals surface area contributed by atoms with Gasteiger partial charge in [-0.25, -0.2) is 13.1 Å². The van der Waals surface area contributed by atoms with E-state index in [-0.39, 0.29) is 12.4 Å². The summed E-state index contributed by atoms with van der Waals surface area (Å²) >= 11 is 0. The topological polar surface area (TPSA) is 92.4 Å². The summed E-state index contributed by atoms with van der Waals surface area (Å²) in [6.45, 7) is 1.60. The van der Waals surface area contributed by atoms with Crippen molar-refractivity contribution in [2.75, 3.05) is 12.3 Å². The Morgan fingerprint density at radius 1 is 1.41 bits per heavy atom. The van der Waals surface area contributed by atoms with E-state index in [0.717, 1.165) is 0 Å². The SMILES string of the molecule is CCC(CO)NS(=O)(=O)Cc1ccccc1N. The van der Waals surface area contributed by atoms with Crippen LogP contribution in [0.4, 0.5) is 5.69 Å². The number of nitrogen functional groups attached to an aromatic ring is 1. The molecular formula is C11H18N2O3S. The number of rotatable bonds is 6. The van der Waals surface area contributed by atoms with E-state index in [1.54, 1.807) is 31.2 Å². The molecule has 4 N–H and O–H groups in total. The minimum Gasteiger partial charge on any atom is -0.398 e. The summed E-state index contributed by atoms with van der Waals surface area (Å²) in [5, 5.41) is 8.96. The van der Waals surface area contributed by atoms with Gasteiger partial charge in [0.2, 0.25) is 10.0 Å². The van der Waals surface area contributed by atoms with E-state index in [1.807, 2.05) is 0 Å². The van der Waals surface area contributed by atoms with E-state index < -0.39 is 16.1 Å². The second-order valence-corrected chi connectivity index (χ2v) is 5.62. The molecule has 96 valence electrons. The van der Waals surface area contributed by atoms with Crippen molar-refractivity contribution in [2.24, 2.45) is 0 Å². The summed E-state index contributed by atoms with van der Waals surface area (Å²) in [5.74, 6) is -0.170. The maximum atomic E-state index is 11.8. The summed E-state index contributed by atoms with van der Waals surface area (Å²) < 4.78 is 26.0. The van der Waals surface area contributed by atoms with Crippen molar-refractivity contribution in [1.29, 1.82) is 0 Å². The van der Waals surface area contributed by atoms with Gasteiger partial charge >= 0.3 is 0 Å². The van der Waals surface area contributed by atoms with E-state index in [4.69, 9.17) is 10.8 Å². The highest BCUT2D eigenvalue weighted by molar-refractivity contribution is 7.88. The molecule has 0 heterocycles. The van der Waals surface area contributed by atoms with Gasteiger partial charge in [0, 0.05) is 11.7 Å². The average molecular weight is 258 g/mol. The zero-order chi connectivity index (χ0) is 12.9. The van der Waals surface area contributed by atoms with Gasteiger partial charge in [-0.05, 0) is 18.1 Å². The number of hydrogen-bond acceptors (Lipinski definition) is 4. The number of para-hydroxylation sites is 1. The van der Waals surface area contributed by atoms with Gasteiger partial charge in [0.05, 0.1) is 12.4 Å². The second-order valence-electron chi connectivity index (χ2n) is 3.86. The Bertz CT molecular complexity index is 456. The van der Waals surface area contributed by atoms with Crippen molar-refractivity contribution < 1.29 is 13.5 Å². The highest BCUT2D eigenvalue weighted by Crippen LogP contribution is 2.13. The Morgan fingerprint density at radius 2 is 2.06 bits per heavy atom. The maximum Gasteiger partial charge on any atom is 0.216 e. The van der Waals surface area contributed by atoms with Crippen LogP contribution in [-0.4, -0.2) is 26.2 Å². The smallest absolute Gasteiger partial charge is 0.216 e. The summed E-state index contributed by atoms with van der Waals surface area (Å²) in [5.41, 5.74) is 6.70. The Kier molecular flexibility index (Phi) is 4.92. The van der Waals surface area contributed by atoms with E-state index in [0.29, 0.717) is 17.7 Å². The standard InChI is InChI=1S/C11H18N2O3S/c1-2-10(7-14)13-17(15,16)8-9-5-3-4-6-11(9)12/h3-6,10,13-14H,2,7-8,12H2,1H3. The molecule has 0 radical (unpaired) electrons. The van der Waals surface area contributed by atoms with Gasteiger partial charge in [0.15, 0.2) is 0 Å². The highest BCUT2D eigenvalue weighted by Gasteiger charge is 2.17. The van der Waals surface area contributed by atoms with E-state index in [2.05, 4.69) is 4.72 Å². The minimum absolute atomic E-state index is 0.170. The lowest BCUT2D eigenvalue weighted by molar-refractivity contribution is 0.254. The molecule has 0 bridgehead atoms. The molecule has 0 aliphatic heterocycles. The second kappa shape index (κ2) is 6.00. The highest BCUT2D eigenvalue weighted by atomic mass is 32.2. The third-order valence-corrected chi connectivity index (χ3v) is 3.84. The molecule has 0 spiro atoms. The summed E-state index contributed by atoms with van der Waals surface area (Å²) in [4.78, 5) is 0. The molecule has 0 amide bonds. The number of aliphatic hydroxyl groups is 1. The predicted molar refractivity (Wildman–Crippen MR) is 67.8 cm³/mol. The zero-order valence-electron chi connectivity index (χ0n) is 9.76. The molecular weight excluding hydrogens is 240 g/mol. The van der Waals surface area contributed by atoms with E-state index >= 15 is 0 Å². The van der Waals surface area contributed by atoms with Gasteiger partial charge in [0.25, 0.3) is 0 Å². The fourth-order valence-electron chi connectivity index (χ4n) is 1.42. The van der Waals surface area contributed by atoms with Crippen molar-refractivity contribution in [1.82, 2.24) is 4.72 Å². The molecule has 1 aromatic rings. The lowest BCUT2D eigenvalue weighted by Crippen LogP contribution is -2.37. The van der Waals surface area contributed by atoms with Crippen LogP contribution < -0.4 is 10.5 Å². The Labute approximate surface area is 102 Å². The van der Waals surface area contributed by atoms with Gasteiger partial charge in [-0.15, -0.1) is 0 Å². The maximum absolute atomic E-state index is 11.8. The summed E-state index contributed by atoms with van der Waals surface area (Å²) in [6, 6.07) is 6.39. The Morgan fingerprint density at radius 3 is 2.59 bits per heavy atom. The molecule has 0 saturated carbocycles. The quantitative estimate of drug-likeness (QED) is 0.646. The molecule has 0 aliphatic carbocycles. The van der Waals surface area contributed by atoms with E-state index in [9.17, 15) is 8.42 Å². The van der Waals surface area contributed by atoms with Crippen LogP contribution in [0, 0.1) is 0 Å². The lowest BCUT2D eigenvalue weighted by atomic mass is 10.2. The van der Waals surface area contributed by atoms with Crippen LogP contribution in [0.25, 0.3) is 0 Å². The van der Waals surface area contributed by atoms with Crippen LogP contribution >= 0.6 is 0 Å². The van der Waals surface area contributed by atoms with Gasteiger partial charge in [-0.2, -0.15) is 0 Å². The van der Waals surface area contributed by atoms with Crippen molar-refractivity contribution in [3.05, 3.63) is 29.8 Å². The monoisotopic (exact) mass is 258 g/mol. The Balaban J connectivity index is 2.77. The van der Waals surface area contributed by atoms with Crippen LogP contribution in [-0.2, 0) is 15.8 Å². The number of hydrogen-bond donors (Lipinski definition) is 3. The molecule has 6 heteroatoms. The first-order chi connectivity index (χ1) is 7.98. The van der Waals surface area contributed by atoms with Gasteiger partial charge in [0.1, 0.15) is 0 Å². The minimum atomic E-state index is -3.47. The summed E-state index contributed by atoms with van der Waals surface area (Å²) in [7, 11) is -3.47. The molecule has 1 atom stereocenters. The first kappa shape index (κ1) is 14.0. The van der Waals surface area contributed by atoms with Crippen LogP contribution in [0.15, 0.2) is 24.3 Å². The largest absolute Gasteiger partial charge is 0.398 e. The van der Waals surface area contributed by atoms with Crippen molar-refractivity contribution in [3.8, 4) is 0 Å². The van der Waals surface area contributed by atoms with Gasteiger partial charge in [-0.1, -0.05) is 25.1 Å². The van der Waals surface area contributed by atoms with Crippen molar-refractivity contribution in [2.45, 2.75) is 25.1 Å². The normalized spacial score (nSPS) is 13.5. The average Bonchev–Trinajstić information content (AvgIpc) is 2.29. The molecule has 1 rings (SSSR count). The zero-order valence-corrected chi connectivity index (χ0v) is 10.6. The van der Waals surface area contributed by atoms with Crippen LogP contribution in [0.3, 0.4) is 0 Å². The van der Waals surface area contributed by atoms with Crippen LogP contribution in [0.2, 0.25) is 0 Å². The van der Waals surface area contributed by atoms with Gasteiger partial charge in [-0.3, -0.25) is 0 Å². The lowest BCUT2D eigenvalue weighted by Gasteiger charge is -2.14. The molecule has 1 aromatic carbocycles. The fourth-order valence-corrected chi connectivity index (χ4v) is 2.92. The molecule has 0 saturated heterocycles. The first-order valence-corrected chi connectivity index (χ1v) is 7.08. The number of nitrogens with two attached hydrogens (primary N) is 1. The number of aliphatic hydroxyl groups excluding tert-OH is 1. The molecule has 5 nitrogen and oxygen atoms in total. The van der Waals surface area contributed by atoms with Crippen LogP contribution in [0.1, 0.15) is 18.9 Å². The molecule has 0 aliphatic rings. The third-order valence-electron chi connectivity index (χ3n) is 2.46. The van der Waals surface area contributed by atoms with Crippen LogP contribution in [0.5, 0.6) is 0 Å². The Hall–Kier alpha value is -1.11. The summed E-state index contributed by atoms with van der Waals surface area (Å²) in [6.07, 6.45) is 0.542. The molecule has 0 aromatic heterocycles. The predicted octanol–water partition coefficient (Wildman–Crippen LogP) is 0.459. The van der Waals surface area contributed by atoms with E-state index in [1.165, 1.54) is 0 Å². The number of sulfonamides is 1. The fraction of sp³-hybridized carbons (Fsp3) is 0.455.